The standard InChI is InChI=1S/C21H30O2/c1-4-21(23)12-9-18-16-6-5-14-13-15(22)7-10-19(14,2)17(16)8-11-20(18,21)3/h1,5,15-18,22-23H,6-13H2,2-3H3/t15-,16-,17+,18+,19+,20+,21-/m1/s1. The molecule has 4 aliphatic rings. The molecular formula is C21H30O2. The van der Waals surface area contributed by atoms with Crippen molar-refractivity contribution in [2.45, 2.75) is 76.9 Å². The first-order valence-corrected chi connectivity index (χ1v) is 9.42. The predicted molar refractivity (Wildman–Crippen MR) is 91.5 cm³/mol. The number of hydrogen-bond donors (Lipinski definition) is 2. The van der Waals surface area contributed by atoms with Gasteiger partial charge in [-0.05, 0) is 74.5 Å². The summed E-state index contributed by atoms with van der Waals surface area (Å²) >= 11 is 0. The number of hydrogen-bond acceptors (Lipinski definition) is 2. The van der Waals surface area contributed by atoms with E-state index in [9.17, 15) is 10.2 Å². The number of allylic oxidation sites excluding steroid dienone is 1. The molecule has 4 aliphatic carbocycles. The van der Waals surface area contributed by atoms with Crippen LogP contribution in [0.2, 0.25) is 0 Å². The Labute approximate surface area is 140 Å². The van der Waals surface area contributed by atoms with Crippen LogP contribution in [0.4, 0.5) is 0 Å². The predicted octanol–water partition coefficient (Wildman–Crippen LogP) is 3.67. The van der Waals surface area contributed by atoms with Gasteiger partial charge in [0.1, 0.15) is 5.60 Å². The zero-order chi connectivity index (χ0) is 16.5. The average Bonchev–Trinajstić information content (AvgIpc) is 2.80. The first kappa shape index (κ1) is 15.7. The van der Waals surface area contributed by atoms with Gasteiger partial charge in [0.05, 0.1) is 6.10 Å². The van der Waals surface area contributed by atoms with Crippen molar-refractivity contribution in [1.29, 1.82) is 0 Å². The molecule has 0 spiro atoms. The molecule has 2 N–H and O–H groups in total. The lowest BCUT2D eigenvalue weighted by Crippen LogP contribution is -2.54. The molecule has 0 aliphatic heterocycles. The molecule has 3 saturated carbocycles. The van der Waals surface area contributed by atoms with Crippen molar-refractivity contribution in [3.63, 3.8) is 0 Å². The van der Waals surface area contributed by atoms with Crippen molar-refractivity contribution in [2.75, 3.05) is 0 Å². The topological polar surface area (TPSA) is 40.5 Å². The summed E-state index contributed by atoms with van der Waals surface area (Å²) < 4.78 is 0. The molecule has 0 amide bonds. The van der Waals surface area contributed by atoms with E-state index in [0.29, 0.717) is 17.8 Å². The smallest absolute Gasteiger partial charge is 0.130 e. The highest BCUT2D eigenvalue weighted by molar-refractivity contribution is 5.28. The van der Waals surface area contributed by atoms with Crippen molar-refractivity contribution in [3.05, 3.63) is 11.6 Å². The number of terminal acetylenes is 1. The minimum Gasteiger partial charge on any atom is -0.393 e. The van der Waals surface area contributed by atoms with Gasteiger partial charge < -0.3 is 10.2 Å². The molecule has 23 heavy (non-hydrogen) atoms. The van der Waals surface area contributed by atoms with Crippen LogP contribution in [0.1, 0.15) is 65.2 Å². The molecule has 0 radical (unpaired) electrons. The summed E-state index contributed by atoms with van der Waals surface area (Å²) in [5, 5.41) is 21.0. The summed E-state index contributed by atoms with van der Waals surface area (Å²) in [6.07, 6.45) is 16.1. The van der Waals surface area contributed by atoms with Gasteiger partial charge in [0, 0.05) is 5.41 Å². The maximum atomic E-state index is 11.0. The van der Waals surface area contributed by atoms with Crippen LogP contribution >= 0.6 is 0 Å². The lowest BCUT2D eigenvalue weighted by atomic mass is 9.47. The Hall–Kier alpha value is -0.780. The molecule has 0 aromatic rings. The Kier molecular flexibility index (Phi) is 3.33. The quantitative estimate of drug-likeness (QED) is 0.529. The molecular weight excluding hydrogens is 284 g/mol. The van der Waals surface area contributed by atoms with Crippen LogP contribution in [0, 0.1) is 40.9 Å². The summed E-state index contributed by atoms with van der Waals surface area (Å²) in [5.41, 5.74) is 0.751. The summed E-state index contributed by atoms with van der Waals surface area (Å²) in [5.74, 6) is 4.65. The number of rotatable bonds is 0. The molecule has 0 heterocycles. The van der Waals surface area contributed by atoms with Gasteiger partial charge in [0.2, 0.25) is 0 Å². The fraction of sp³-hybridized carbons (Fsp3) is 0.810. The third-order valence-electron chi connectivity index (χ3n) is 8.47. The van der Waals surface area contributed by atoms with E-state index in [4.69, 9.17) is 6.42 Å². The fourth-order valence-electron chi connectivity index (χ4n) is 6.89. The monoisotopic (exact) mass is 314 g/mol. The van der Waals surface area contributed by atoms with E-state index in [1.807, 2.05) is 0 Å². The van der Waals surface area contributed by atoms with E-state index in [1.54, 1.807) is 0 Å². The van der Waals surface area contributed by atoms with Gasteiger partial charge in [0.25, 0.3) is 0 Å². The molecule has 3 fully saturated rings. The third kappa shape index (κ3) is 1.90. The van der Waals surface area contributed by atoms with Gasteiger partial charge in [-0.2, -0.15) is 0 Å². The molecule has 2 heteroatoms. The Morgan fingerprint density at radius 3 is 2.61 bits per heavy atom. The van der Waals surface area contributed by atoms with Crippen molar-refractivity contribution >= 4 is 0 Å². The third-order valence-corrected chi connectivity index (χ3v) is 8.47. The largest absolute Gasteiger partial charge is 0.393 e. The normalized spacial score (nSPS) is 55.2. The molecule has 0 aromatic carbocycles. The minimum absolute atomic E-state index is 0.112. The van der Waals surface area contributed by atoms with E-state index >= 15 is 0 Å². The maximum Gasteiger partial charge on any atom is 0.130 e. The number of aliphatic hydroxyl groups excluding tert-OH is 1. The highest BCUT2D eigenvalue weighted by Crippen LogP contribution is 2.66. The lowest BCUT2D eigenvalue weighted by Gasteiger charge is -2.58. The minimum atomic E-state index is -0.906. The molecule has 0 aromatic heterocycles. The van der Waals surface area contributed by atoms with E-state index in [-0.39, 0.29) is 16.9 Å². The zero-order valence-corrected chi connectivity index (χ0v) is 14.5. The molecule has 126 valence electrons. The Morgan fingerprint density at radius 2 is 1.87 bits per heavy atom. The Morgan fingerprint density at radius 1 is 1.13 bits per heavy atom. The van der Waals surface area contributed by atoms with Crippen LogP contribution < -0.4 is 0 Å². The van der Waals surface area contributed by atoms with Crippen LogP contribution in [0.15, 0.2) is 11.6 Å². The highest BCUT2D eigenvalue weighted by Gasteiger charge is 2.63. The van der Waals surface area contributed by atoms with Crippen LogP contribution in [0.3, 0.4) is 0 Å². The van der Waals surface area contributed by atoms with E-state index in [2.05, 4.69) is 25.8 Å². The Balaban J connectivity index is 1.69. The van der Waals surface area contributed by atoms with E-state index in [1.165, 1.54) is 12.0 Å². The Bertz CT molecular complexity index is 587. The summed E-state index contributed by atoms with van der Waals surface area (Å²) in [4.78, 5) is 0. The second-order valence-corrected chi connectivity index (χ2v) is 9.16. The zero-order valence-electron chi connectivity index (χ0n) is 14.5. The van der Waals surface area contributed by atoms with E-state index in [0.717, 1.165) is 44.9 Å². The van der Waals surface area contributed by atoms with Crippen LogP contribution in [-0.4, -0.2) is 21.9 Å². The molecule has 7 atom stereocenters. The molecule has 4 rings (SSSR count). The second kappa shape index (κ2) is 4.87. The first-order chi connectivity index (χ1) is 10.8. The average molecular weight is 314 g/mol. The van der Waals surface area contributed by atoms with Crippen molar-refractivity contribution in [2.24, 2.45) is 28.6 Å². The van der Waals surface area contributed by atoms with Gasteiger partial charge in [-0.25, -0.2) is 0 Å². The number of fused-ring (bicyclic) bond motifs is 5. The lowest BCUT2D eigenvalue weighted by molar-refractivity contribution is -0.0969. The summed E-state index contributed by atoms with van der Waals surface area (Å²) in [7, 11) is 0. The van der Waals surface area contributed by atoms with E-state index < -0.39 is 5.60 Å². The number of aliphatic hydroxyl groups is 2. The maximum absolute atomic E-state index is 11.0. The van der Waals surface area contributed by atoms with Crippen molar-refractivity contribution < 1.29 is 10.2 Å². The van der Waals surface area contributed by atoms with Crippen molar-refractivity contribution in [1.82, 2.24) is 0 Å². The molecule has 0 bridgehead atoms. The van der Waals surface area contributed by atoms with Crippen molar-refractivity contribution in [3.8, 4) is 12.3 Å². The van der Waals surface area contributed by atoms with Gasteiger partial charge in [-0.1, -0.05) is 31.4 Å². The van der Waals surface area contributed by atoms with Gasteiger partial charge in [-0.15, -0.1) is 6.42 Å². The second-order valence-electron chi connectivity index (χ2n) is 9.16. The highest BCUT2D eigenvalue weighted by atomic mass is 16.3. The summed E-state index contributed by atoms with van der Waals surface area (Å²) in [6.45, 7) is 4.68. The van der Waals surface area contributed by atoms with Gasteiger partial charge in [0.15, 0.2) is 0 Å². The van der Waals surface area contributed by atoms with Gasteiger partial charge >= 0.3 is 0 Å². The van der Waals surface area contributed by atoms with Gasteiger partial charge in [-0.3, -0.25) is 0 Å². The van der Waals surface area contributed by atoms with Crippen LogP contribution in [0.5, 0.6) is 0 Å². The fourth-order valence-corrected chi connectivity index (χ4v) is 6.89. The summed E-state index contributed by atoms with van der Waals surface area (Å²) in [6, 6.07) is 0. The van der Waals surface area contributed by atoms with Crippen LogP contribution in [-0.2, 0) is 0 Å². The SMILES string of the molecule is C#C[C@@]1(O)CC[C@H]2[C@@H]3CC=C4C[C@H](O)CC[C@]4(C)[C@H]3CC[C@@]21C. The molecule has 0 saturated heterocycles. The first-order valence-electron chi connectivity index (χ1n) is 9.42. The molecule has 0 unspecified atom stereocenters. The molecule has 2 nitrogen and oxygen atoms in total. The van der Waals surface area contributed by atoms with Crippen LogP contribution in [0.25, 0.3) is 0 Å².